The average molecular weight is 328 g/mol. The molecule has 4 rings (SSSR count). The van der Waals surface area contributed by atoms with Crippen molar-refractivity contribution in [2.45, 2.75) is 24.9 Å². The number of furan rings is 1. The third-order valence-electron chi connectivity index (χ3n) is 4.65. The van der Waals surface area contributed by atoms with Gasteiger partial charge in [0.2, 0.25) is 12.7 Å². The number of likely N-dealkylation sites (N-methyl/N-ethyl adjacent to an activating group) is 1. The van der Waals surface area contributed by atoms with Gasteiger partial charge < -0.3 is 18.8 Å². The van der Waals surface area contributed by atoms with Crippen LogP contribution in [0, 0.1) is 0 Å². The molecule has 126 valence electrons. The maximum Gasteiger partial charge on any atom is 0.236 e. The summed E-state index contributed by atoms with van der Waals surface area (Å²) in [6.45, 7) is 1.05. The van der Waals surface area contributed by atoms with E-state index >= 15 is 0 Å². The van der Waals surface area contributed by atoms with Gasteiger partial charge in [-0.25, -0.2) is 0 Å². The van der Waals surface area contributed by atoms with E-state index in [0.717, 1.165) is 35.7 Å². The fraction of sp³-hybridized carbons (Fsp3) is 0.389. The summed E-state index contributed by atoms with van der Waals surface area (Å²) in [4.78, 5) is 14.0. The SMILES string of the molecule is CN(Cc1ccco1)C(=O)CNC1(c2ccc3c(c2)OCO3)CC1. The van der Waals surface area contributed by atoms with Crippen molar-refractivity contribution < 1.29 is 18.7 Å². The quantitative estimate of drug-likeness (QED) is 0.881. The van der Waals surface area contributed by atoms with E-state index in [-0.39, 0.29) is 18.2 Å². The zero-order valence-electron chi connectivity index (χ0n) is 13.6. The lowest BCUT2D eigenvalue weighted by atomic mass is 10.0. The van der Waals surface area contributed by atoms with E-state index in [1.807, 2.05) is 30.3 Å². The van der Waals surface area contributed by atoms with Crippen LogP contribution in [-0.4, -0.2) is 31.2 Å². The number of hydrogen-bond donors (Lipinski definition) is 1. The van der Waals surface area contributed by atoms with Crippen LogP contribution in [0.3, 0.4) is 0 Å². The van der Waals surface area contributed by atoms with E-state index < -0.39 is 0 Å². The van der Waals surface area contributed by atoms with Crippen LogP contribution < -0.4 is 14.8 Å². The molecule has 1 aliphatic heterocycles. The van der Waals surface area contributed by atoms with Crippen LogP contribution in [0.15, 0.2) is 41.0 Å². The maximum atomic E-state index is 12.3. The molecule has 0 saturated heterocycles. The van der Waals surface area contributed by atoms with E-state index in [0.29, 0.717) is 13.1 Å². The Hall–Kier alpha value is -2.47. The molecule has 1 aromatic carbocycles. The van der Waals surface area contributed by atoms with Gasteiger partial charge in [0.25, 0.3) is 0 Å². The van der Waals surface area contributed by atoms with Crippen LogP contribution >= 0.6 is 0 Å². The molecule has 6 nitrogen and oxygen atoms in total. The first-order chi connectivity index (χ1) is 11.7. The molecule has 0 bridgehead atoms. The highest BCUT2D eigenvalue weighted by Gasteiger charge is 2.44. The van der Waals surface area contributed by atoms with Crippen molar-refractivity contribution in [2.24, 2.45) is 0 Å². The Morgan fingerprint density at radius 2 is 2.08 bits per heavy atom. The first-order valence-corrected chi connectivity index (χ1v) is 8.08. The Balaban J connectivity index is 1.37. The number of hydrogen-bond acceptors (Lipinski definition) is 5. The largest absolute Gasteiger partial charge is 0.467 e. The molecule has 1 aromatic heterocycles. The average Bonchev–Trinajstić information content (AvgIpc) is 2.99. The highest BCUT2D eigenvalue weighted by molar-refractivity contribution is 5.78. The second kappa shape index (κ2) is 5.87. The Morgan fingerprint density at radius 1 is 1.25 bits per heavy atom. The first kappa shape index (κ1) is 15.1. The van der Waals surface area contributed by atoms with E-state index in [1.165, 1.54) is 0 Å². The minimum Gasteiger partial charge on any atom is -0.467 e. The molecule has 0 spiro atoms. The third kappa shape index (κ3) is 2.85. The topological polar surface area (TPSA) is 63.9 Å². The number of amides is 1. The van der Waals surface area contributed by atoms with Gasteiger partial charge in [-0.3, -0.25) is 10.1 Å². The van der Waals surface area contributed by atoms with Crippen molar-refractivity contribution in [2.75, 3.05) is 20.4 Å². The third-order valence-corrected chi connectivity index (χ3v) is 4.65. The molecule has 2 aliphatic rings. The van der Waals surface area contributed by atoms with Crippen molar-refractivity contribution in [3.63, 3.8) is 0 Å². The number of ether oxygens (including phenoxy) is 2. The zero-order valence-corrected chi connectivity index (χ0v) is 13.6. The Bertz CT molecular complexity index is 737. The summed E-state index contributed by atoms with van der Waals surface area (Å²) >= 11 is 0. The molecule has 6 heteroatoms. The van der Waals surface area contributed by atoms with Crippen molar-refractivity contribution in [1.82, 2.24) is 10.2 Å². The molecular weight excluding hydrogens is 308 g/mol. The Kier molecular flexibility index (Phi) is 3.69. The zero-order chi connectivity index (χ0) is 16.6. The predicted molar refractivity (Wildman–Crippen MR) is 86.7 cm³/mol. The summed E-state index contributed by atoms with van der Waals surface area (Å²) < 4.78 is 16.1. The number of rotatable bonds is 6. The Morgan fingerprint density at radius 3 is 2.83 bits per heavy atom. The van der Waals surface area contributed by atoms with Gasteiger partial charge in [0.15, 0.2) is 11.5 Å². The lowest BCUT2D eigenvalue weighted by molar-refractivity contribution is -0.129. The maximum absolute atomic E-state index is 12.3. The van der Waals surface area contributed by atoms with Crippen molar-refractivity contribution in [3.05, 3.63) is 47.9 Å². The minimum absolute atomic E-state index is 0.0402. The summed E-state index contributed by atoms with van der Waals surface area (Å²) in [5, 5.41) is 3.42. The van der Waals surface area contributed by atoms with Crippen LogP contribution in [0.2, 0.25) is 0 Å². The second-order valence-corrected chi connectivity index (χ2v) is 6.33. The van der Waals surface area contributed by atoms with Crippen LogP contribution in [0.5, 0.6) is 11.5 Å². The molecule has 0 radical (unpaired) electrons. The van der Waals surface area contributed by atoms with Gasteiger partial charge >= 0.3 is 0 Å². The molecule has 2 heterocycles. The molecule has 1 fully saturated rings. The highest BCUT2D eigenvalue weighted by Crippen LogP contribution is 2.48. The van der Waals surface area contributed by atoms with Crippen molar-refractivity contribution in [1.29, 1.82) is 0 Å². The number of nitrogens with one attached hydrogen (secondary N) is 1. The van der Waals surface area contributed by atoms with E-state index in [9.17, 15) is 4.79 Å². The normalized spacial score (nSPS) is 16.9. The summed E-state index contributed by atoms with van der Waals surface area (Å²) in [6.07, 6.45) is 3.65. The summed E-state index contributed by atoms with van der Waals surface area (Å²) in [5.41, 5.74) is 1.02. The van der Waals surface area contributed by atoms with E-state index in [2.05, 4.69) is 5.32 Å². The lowest BCUT2D eigenvalue weighted by Gasteiger charge is -2.21. The second-order valence-electron chi connectivity index (χ2n) is 6.33. The summed E-state index contributed by atoms with van der Waals surface area (Å²) in [5.74, 6) is 2.38. The summed E-state index contributed by atoms with van der Waals surface area (Å²) in [6, 6.07) is 9.69. The predicted octanol–water partition coefficient (Wildman–Crippen LogP) is 2.25. The molecule has 0 atom stereocenters. The molecule has 2 aromatic rings. The molecule has 1 saturated carbocycles. The van der Waals surface area contributed by atoms with E-state index in [1.54, 1.807) is 18.2 Å². The Labute approximate surface area is 140 Å². The van der Waals surface area contributed by atoms with Crippen molar-refractivity contribution >= 4 is 5.91 Å². The molecule has 0 unspecified atom stereocenters. The van der Waals surface area contributed by atoms with Gasteiger partial charge in [-0.05, 0) is 42.7 Å². The van der Waals surface area contributed by atoms with Gasteiger partial charge in [-0.15, -0.1) is 0 Å². The fourth-order valence-corrected chi connectivity index (χ4v) is 2.99. The number of nitrogens with zero attached hydrogens (tertiary/aromatic N) is 1. The molecule has 1 N–H and O–H groups in total. The van der Waals surface area contributed by atoms with Crippen LogP contribution in [0.1, 0.15) is 24.2 Å². The monoisotopic (exact) mass is 328 g/mol. The molecule has 1 amide bonds. The minimum atomic E-state index is -0.123. The van der Waals surface area contributed by atoms with Crippen LogP contribution in [0.4, 0.5) is 0 Å². The lowest BCUT2D eigenvalue weighted by Crippen LogP contribution is -2.39. The molecule has 1 aliphatic carbocycles. The van der Waals surface area contributed by atoms with Gasteiger partial charge in [0.1, 0.15) is 5.76 Å². The first-order valence-electron chi connectivity index (χ1n) is 8.08. The summed E-state index contributed by atoms with van der Waals surface area (Å²) in [7, 11) is 1.78. The van der Waals surface area contributed by atoms with Gasteiger partial charge in [0, 0.05) is 12.6 Å². The number of fused-ring (bicyclic) bond motifs is 1. The fourth-order valence-electron chi connectivity index (χ4n) is 2.99. The number of benzene rings is 1. The standard InChI is InChI=1S/C18H20N2O4/c1-20(11-14-3-2-8-22-14)17(21)10-19-18(6-7-18)13-4-5-15-16(9-13)24-12-23-15/h2-5,8-9,19H,6-7,10-12H2,1H3. The van der Waals surface area contributed by atoms with E-state index in [4.69, 9.17) is 13.9 Å². The molecule has 24 heavy (non-hydrogen) atoms. The van der Waals surface area contributed by atoms with Crippen LogP contribution in [-0.2, 0) is 16.9 Å². The number of carbonyl (C=O) groups is 1. The smallest absolute Gasteiger partial charge is 0.236 e. The van der Waals surface area contributed by atoms with Gasteiger partial charge in [-0.2, -0.15) is 0 Å². The van der Waals surface area contributed by atoms with Crippen molar-refractivity contribution in [3.8, 4) is 11.5 Å². The number of carbonyl (C=O) groups excluding carboxylic acids is 1. The van der Waals surface area contributed by atoms with Gasteiger partial charge in [0.05, 0.1) is 19.4 Å². The van der Waals surface area contributed by atoms with Crippen LogP contribution in [0.25, 0.3) is 0 Å². The molecular formula is C18H20N2O4. The van der Waals surface area contributed by atoms with Gasteiger partial charge in [-0.1, -0.05) is 6.07 Å². The highest BCUT2D eigenvalue weighted by atomic mass is 16.7.